The molecule has 0 spiro atoms. The van der Waals surface area contributed by atoms with Crippen LogP contribution in [-0.4, -0.2) is 42.2 Å². The number of nitrogens with zero attached hydrogens (tertiary/aromatic N) is 7. The van der Waals surface area contributed by atoms with Crippen molar-refractivity contribution in [3.05, 3.63) is 88.9 Å². The maximum atomic E-state index is 14.0. The Bertz CT molecular complexity index is 1910. The van der Waals surface area contributed by atoms with E-state index in [4.69, 9.17) is 11.6 Å². The van der Waals surface area contributed by atoms with Gasteiger partial charge in [0.1, 0.15) is 11.8 Å². The molecule has 2 N–H and O–H groups in total. The Morgan fingerprint density at radius 2 is 1.96 bits per heavy atom. The van der Waals surface area contributed by atoms with Gasteiger partial charge in [0.25, 0.3) is 0 Å². The molecule has 0 aliphatic heterocycles. The van der Waals surface area contributed by atoms with Crippen LogP contribution in [0.25, 0.3) is 16.6 Å². The van der Waals surface area contributed by atoms with Crippen LogP contribution < -0.4 is 10.6 Å². The second-order valence-corrected chi connectivity index (χ2v) is 13.0. The van der Waals surface area contributed by atoms with Crippen LogP contribution in [0, 0.1) is 23.7 Å². The molecule has 0 radical (unpaired) electrons. The van der Waals surface area contributed by atoms with Gasteiger partial charge >= 0.3 is 6.18 Å². The molecule has 5 aromatic rings. The molecule has 1 aliphatic rings. The summed E-state index contributed by atoms with van der Waals surface area (Å²) in [4.78, 5) is 8.60. The van der Waals surface area contributed by atoms with Gasteiger partial charge in [0.05, 0.1) is 40.4 Å². The lowest BCUT2D eigenvalue weighted by atomic mass is 9.96. The van der Waals surface area contributed by atoms with Gasteiger partial charge in [0.15, 0.2) is 5.54 Å². The first-order valence-corrected chi connectivity index (χ1v) is 14.8. The number of alkyl halides is 3. The number of halogens is 4. The monoisotopic (exact) mass is 633 g/mol. The fraction of sp³-hybridized carbons (Fsp3) is 0.344. The maximum Gasteiger partial charge on any atom is 0.413 e. The van der Waals surface area contributed by atoms with Crippen LogP contribution in [0.15, 0.2) is 61.4 Å². The second kappa shape index (κ2) is 11.1. The topological polar surface area (TPSA) is 109 Å². The molecule has 0 bridgehead atoms. The van der Waals surface area contributed by atoms with Crippen LogP contribution in [0.2, 0.25) is 5.02 Å². The Hall–Kier alpha value is -4.63. The van der Waals surface area contributed by atoms with Gasteiger partial charge in [-0.3, -0.25) is 4.98 Å². The Morgan fingerprint density at radius 1 is 1.18 bits per heavy atom. The van der Waals surface area contributed by atoms with Crippen molar-refractivity contribution in [2.75, 3.05) is 17.2 Å². The molecular formula is C32H31ClF3N9. The Morgan fingerprint density at radius 3 is 2.60 bits per heavy atom. The molecule has 3 aromatic heterocycles. The van der Waals surface area contributed by atoms with E-state index in [9.17, 15) is 18.4 Å². The van der Waals surface area contributed by atoms with Crippen molar-refractivity contribution >= 4 is 33.9 Å². The number of hydrogen-bond acceptors (Lipinski definition) is 7. The van der Waals surface area contributed by atoms with Crippen molar-refractivity contribution in [3.8, 4) is 11.8 Å². The van der Waals surface area contributed by atoms with E-state index in [2.05, 4.69) is 57.8 Å². The number of benzene rings is 2. The molecule has 1 aliphatic carbocycles. The van der Waals surface area contributed by atoms with Crippen LogP contribution in [0.4, 0.5) is 24.5 Å². The molecule has 13 heteroatoms. The van der Waals surface area contributed by atoms with Gasteiger partial charge < -0.3 is 15.2 Å². The van der Waals surface area contributed by atoms with E-state index < -0.39 is 17.8 Å². The number of anilines is 2. The summed E-state index contributed by atoms with van der Waals surface area (Å²) in [7, 11) is 0. The maximum absolute atomic E-state index is 14.0. The molecule has 45 heavy (non-hydrogen) atoms. The molecule has 1 saturated carbocycles. The second-order valence-electron chi connectivity index (χ2n) is 12.6. The average molecular weight is 634 g/mol. The number of nitrogens with one attached hydrogen (secondary N) is 2. The van der Waals surface area contributed by atoms with Crippen molar-refractivity contribution in [1.82, 2.24) is 29.5 Å². The molecule has 9 nitrogen and oxygen atoms in total. The molecular weight excluding hydrogens is 603 g/mol. The third-order valence-electron chi connectivity index (χ3n) is 8.09. The zero-order valence-corrected chi connectivity index (χ0v) is 25.9. The minimum atomic E-state index is -4.45. The van der Waals surface area contributed by atoms with Gasteiger partial charge in [0, 0.05) is 41.9 Å². The summed E-state index contributed by atoms with van der Waals surface area (Å²) in [5.74, 6) is 0. The van der Waals surface area contributed by atoms with E-state index in [1.165, 1.54) is 12.4 Å². The number of pyridine rings is 1. The van der Waals surface area contributed by atoms with Gasteiger partial charge in [-0.15, -0.1) is 5.10 Å². The minimum Gasteiger partial charge on any atom is -0.383 e. The fourth-order valence-electron chi connectivity index (χ4n) is 5.46. The van der Waals surface area contributed by atoms with Crippen LogP contribution in [-0.2, 0) is 5.54 Å². The lowest BCUT2D eigenvalue weighted by molar-refractivity contribution is -0.182. The largest absolute Gasteiger partial charge is 0.413 e. The van der Waals surface area contributed by atoms with Crippen molar-refractivity contribution < 1.29 is 13.2 Å². The SMILES string of the molecule is Cc1c([C@H](Nc2cc(Cl)c3ncc(C#N)c(NCC(C)(C)C)c3c2)c2cn(C3(C(F)(F)F)CC3)nn2)cccc1-n1ccnc1. The molecule has 232 valence electrons. The van der Waals surface area contributed by atoms with E-state index in [1.54, 1.807) is 18.6 Å². The fourth-order valence-corrected chi connectivity index (χ4v) is 5.73. The van der Waals surface area contributed by atoms with Gasteiger partial charge in [-0.05, 0) is 54.5 Å². The number of hydrogen-bond donors (Lipinski definition) is 2. The van der Waals surface area contributed by atoms with Crippen molar-refractivity contribution in [1.29, 1.82) is 5.26 Å². The summed E-state index contributed by atoms with van der Waals surface area (Å²) in [5.41, 5.74) is 2.72. The lowest BCUT2D eigenvalue weighted by Gasteiger charge is -2.24. The van der Waals surface area contributed by atoms with Crippen molar-refractivity contribution in [2.24, 2.45) is 5.41 Å². The molecule has 0 amide bonds. The van der Waals surface area contributed by atoms with Crippen LogP contribution in [0.5, 0.6) is 0 Å². The average Bonchev–Trinajstić information content (AvgIpc) is 3.38. The summed E-state index contributed by atoms with van der Waals surface area (Å²) >= 11 is 6.76. The summed E-state index contributed by atoms with van der Waals surface area (Å²) < 4.78 is 44.8. The third kappa shape index (κ3) is 5.68. The summed E-state index contributed by atoms with van der Waals surface area (Å²) in [6.45, 7) is 8.77. The molecule has 1 fully saturated rings. The summed E-state index contributed by atoms with van der Waals surface area (Å²) in [6, 6.07) is 10.8. The predicted molar refractivity (Wildman–Crippen MR) is 166 cm³/mol. The number of fused-ring (bicyclic) bond motifs is 1. The van der Waals surface area contributed by atoms with Crippen molar-refractivity contribution in [3.63, 3.8) is 0 Å². The zero-order chi connectivity index (χ0) is 32.1. The number of imidazole rings is 1. The van der Waals surface area contributed by atoms with Crippen LogP contribution in [0.1, 0.15) is 62.0 Å². The highest BCUT2D eigenvalue weighted by molar-refractivity contribution is 6.35. The quantitative estimate of drug-likeness (QED) is 0.181. The highest BCUT2D eigenvalue weighted by atomic mass is 35.5. The van der Waals surface area contributed by atoms with Gasteiger partial charge in [-0.1, -0.05) is 49.7 Å². The van der Waals surface area contributed by atoms with E-state index >= 15 is 0 Å². The first-order chi connectivity index (χ1) is 21.3. The Kier molecular flexibility index (Phi) is 7.48. The molecule has 6 rings (SSSR count). The van der Waals surface area contributed by atoms with E-state index in [0.717, 1.165) is 21.5 Å². The van der Waals surface area contributed by atoms with Gasteiger partial charge in [-0.2, -0.15) is 18.4 Å². The van der Waals surface area contributed by atoms with Crippen molar-refractivity contribution in [2.45, 2.75) is 58.3 Å². The Balaban J connectivity index is 1.48. The minimum absolute atomic E-state index is 0.0502. The molecule has 0 unspecified atom stereocenters. The zero-order valence-electron chi connectivity index (χ0n) is 25.1. The molecule has 3 heterocycles. The lowest BCUT2D eigenvalue weighted by Crippen LogP contribution is -2.35. The van der Waals surface area contributed by atoms with E-state index in [-0.39, 0.29) is 18.3 Å². The van der Waals surface area contributed by atoms with Gasteiger partial charge in [-0.25, -0.2) is 9.67 Å². The Labute approximate surface area is 263 Å². The van der Waals surface area contributed by atoms with E-state index in [1.807, 2.05) is 42.0 Å². The number of rotatable bonds is 8. The summed E-state index contributed by atoms with van der Waals surface area (Å²) in [5, 5.41) is 26.0. The highest BCUT2D eigenvalue weighted by Gasteiger charge is 2.66. The molecule has 2 aromatic carbocycles. The highest BCUT2D eigenvalue weighted by Crippen LogP contribution is 2.55. The van der Waals surface area contributed by atoms with Crippen LogP contribution in [0.3, 0.4) is 0 Å². The first-order valence-electron chi connectivity index (χ1n) is 14.4. The smallest absolute Gasteiger partial charge is 0.383 e. The predicted octanol–water partition coefficient (Wildman–Crippen LogP) is 7.56. The standard InChI is InChI=1S/C32H31ClF3N9/c1-19-22(6-5-7-26(19)44-11-10-38-18-44)29(25-16-45(43-42-25)31(8-9-31)32(34,35)36)41-21-12-23-27(40-17-30(2,3)4)20(14-37)15-39-28(23)24(33)13-21/h5-7,10-13,15-16,18,29,41H,8-9,17H2,1-4H3,(H,39,40)/t29-/m0/s1. The van der Waals surface area contributed by atoms with Gasteiger partial charge in [0.2, 0.25) is 0 Å². The third-order valence-corrected chi connectivity index (χ3v) is 8.38. The molecule has 0 saturated heterocycles. The molecule has 1 atom stereocenters. The van der Waals surface area contributed by atoms with Crippen LogP contribution >= 0.6 is 11.6 Å². The summed E-state index contributed by atoms with van der Waals surface area (Å²) in [6.07, 6.45) is 3.48. The first kappa shape index (κ1) is 30.4. The number of aromatic nitrogens is 6. The normalized spacial score (nSPS) is 15.1. The number of nitriles is 1. The van der Waals surface area contributed by atoms with E-state index in [0.29, 0.717) is 45.1 Å².